The summed E-state index contributed by atoms with van der Waals surface area (Å²) in [5, 5.41) is 2.08. The third kappa shape index (κ3) is 0.884. The number of hydrogen-bond acceptors (Lipinski definition) is 2. The van der Waals surface area contributed by atoms with Crippen LogP contribution in [0.5, 0.6) is 0 Å². The second-order valence-electron chi connectivity index (χ2n) is 1.93. The molecule has 0 bridgehead atoms. The fourth-order valence-electron chi connectivity index (χ4n) is 0.882. The summed E-state index contributed by atoms with van der Waals surface area (Å²) in [5.74, 6) is 0. The summed E-state index contributed by atoms with van der Waals surface area (Å²) in [7, 11) is 0. The quantitative estimate of drug-likeness (QED) is 0.530. The van der Waals surface area contributed by atoms with E-state index in [0.29, 0.717) is 6.61 Å². The minimum absolute atomic E-state index is 0.656. The molecule has 0 N–H and O–H groups in total. The van der Waals surface area contributed by atoms with Crippen molar-refractivity contribution < 1.29 is 4.74 Å². The average molecular weight is 138 g/mol. The molecule has 0 amide bonds. The Bertz CT molecular complexity index is 184. The van der Waals surface area contributed by atoms with Crippen LogP contribution >= 0.6 is 11.3 Å². The van der Waals surface area contributed by atoms with Gasteiger partial charge < -0.3 is 4.74 Å². The van der Waals surface area contributed by atoms with E-state index in [1.165, 1.54) is 10.4 Å². The predicted octanol–water partition coefficient (Wildman–Crippen LogP) is 1.71. The molecular weight excluding hydrogens is 132 g/mol. The molecule has 2 heteroatoms. The molecule has 1 aliphatic rings. The highest BCUT2D eigenvalue weighted by atomic mass is 32.1. The van der Waals surface area contributed by atoms with E-state index in [2.05, 4.69) is 17.9 Å². The summed E-state index contributed by atoms with van der Waals surface area (Å²) in [6.07, 6.45) is 3.13. The van der Waals surface area contributed by atoms with Crippen molar-refractivity contribution >= 4 is 11.3 Å². The smallest absolute Gasteiger partial charge is 0.0812 e. The Morgan fingerprint density at radius 3 is 3.56 bits per heavy atom. The van der Waals surface area contributed by atoms with Crippen LogP contribution in [0.25, 0.3) is 0 Å². The molecule has 0 saturated heterocycles. The number of fused-ring (bicyclic) bond motifs is 1. The van der Waals surface area contributed by atoms with Crippen molar-refractivity contribution in [3.8, 4) is 0 Å². The third-order valence-electron chi connectivity index (χ3n) is 1.34. The summed E-state index contributed by atoms with van der Waals surface area (Å²) in [6.45, 7) is 1.43. The minimum Gasteiger partial charge on any atom is -0.375 e. The highest BCUT2D eigenvalue weighted by Gasteiger charge is 2.09. The first-order chi connectivity index (χ1) is 4.47. The van der Waals surface area contributed by atoms with Gasteiger partial charge in [-0.15, -0.1) is 11.3 Å². The van der Waals surface area contributed by atoms with Gasteiger partial charge in [-0.3, -0.25) is 0 Å². The second-order valence-corrected chi connectivity index (χ2v) is 2.93. The van der Waals surface area contributed by atoms with E-state index in [1.54, 1.807) is 11.3 Å². The second kappa shape index (κ2) is 2.12. The molecule has 1 aliphatic heterocycles. The number of ether oxygens (including phenoxy) is 1. The Morgan fingerprint density at radius 1 is 1.67 bits per heavy atom. The molecule has 0 spiro atoms. The summed E-state index contributed by atoms with van der Waals surface area (Å²) in [5.41, 5.74) is 1.24. The first-order valence-electron chi connectivity index (χ1n) is 2.85. The molecule has 2 radical (unpaired) electrons. The van der Waals surface area contributed by atoms with Gasteiger partial charge in [0.25, 0.3) is 0 Å². The lowest BCUT2D eigenvalue weighted by atomic mass is 10.2. The van der Waals surface area contributed by atoms with E-state index in [9.17, 15) is 0 Å². The number of thiophene rings is 1. The Morgan fingerprint density at radius 2 is 2.67 bits per heavy atom. The lowest BCUT2D eigenvalue weighted by molar-refractivity contribution is 0.135. The van der Waals surface area contributed by atoms with Gasteiger partial charge in [0.1, 0.15) is 0 Å². The Labute approximate surface area is 58.3 Å². The van der Waals surface area contributed by atoms with E-state index in [1.807, 2.05) is 0 Å². The van der Waals surface area contributed by atoms with Crippen molar-refractivity contribution in [1.29, 1.82) is 0 Å². The van der Waals surface area contributed by atoms with Gasteiger partial charge in [0, 0.05) is 11.3 Å². The normalized spacial score (nSPS) is 17.3. The zero-order valence-corrected chi connectivity index (χ0v) is 5.70. The lowest BCUT2D eigenvalue weighted by Crippen LogP contribution is -2.03. The molecule has 1 aromatic heterocycles. The monoisotopic (exact) mass is 138 g/mol. The zero-order chi connectivity index (χ0) is 6.10. The van der Waals surface area contributed by atoms with E-state index >= 15 is 0 Å². The first-order valence-corrected chi connectivity index (χ1v) is 3.73. The van der Waals surface area contributed by atoms with Crippen molar-refractivity contribution in [3.05, 3.63) is 28.3 Å². The van der Waals surface area contributed by atoms with Gasteiger partial charge in [-0.05, 0) is 17.0 Å². The third-order valence-corrected chi connectivity index (χ3v) is 2.24. The molecule has 2 rings (SSSR count). The van der Waals surface area contributed by atoms with Gasteiger partial charge >= 0.3 is 0 Å². The maximum atomic E-state index is 5.15. The van der Waals surface area contributed by atoms with Crippen molar-refractivity contribution in [1.82, 2.24) is 0 Å². The van der Waals surface area contributed by atoms with E-state index < -0.39 is 0 Å². The van der Waals surface area contributed by atoms with Crippen molar-refractivity contribution in [2.24, 2.45) is 0 Å². The van der Waals surface area contributed by atoms with Gasteiger partial charge in [0.05, 0.1) is 13.2 Å². The summed E-state index contributed by atoms with van der Waals surface area (Å²) in [4.78, 5) is 1.31. The van der Waals surface area contributed by atoms with Crippen LogP contribution < -0.4 is 0 Å². The van der Waals surface area contributed by atoms with E-state index in [4.69, 9.17) is 4.74 Å². The molecule has 1 aromatic rings. The minimum atomic E-state index is 0.656. The van der Waals surface area contributed by atoms with Gasteiger partial charge in [0.2, 0.25) is 0 Å². The van der Waals surface area contributed by atoms with Crippen LogP contribution in [0.3, 0.4) is 0 Å². The lowest BCUT2D eigenvalue weighted by Gasteiger charge is -2.09. The molecular formula is C7H6OS. The van der Waals surface area contributed by atoms with Crippen LogP contribution in [0.1, 0.15) is 10.4 Å². The molecule has 0 aromatic carbocycles. The van der Waals surface area contributed by atoms with Crippen LogP contribution in [0, 0.1) is 6.42 Å². The van der Waals surface area contributed by atoms with Crippen LogP contribution in [-0.2, 0) is 11.3 Å². The Kier molecular flexibility index (Phi) is 1.28. The Hall–Kier alpha value is -0.340. The molecule has 0 atom stereocenters. The van der Waals surface area contributed by atoms with Crippen LogP contribution in [-0.4, -0.2) is 6.61 Å². The molecule has 1 nitrogen and oxygen atoms in total. The maximum Gasteiger partial charge on any atom is 0.0812 e. The van der Waals surface area contributed by atoms with Crippen LogP contribution in [0.4, 0.5) is 0 Å². The van der Waals surface area contributed by atoms with E-state index in [-0.39, 0.29) is 0 Å². The van der Waals surface area contributed by atoms with Crippen molar-refractivity contribution in [3.63, 3.8) is 0 Å². The van der Waals surface area contributed by atoms with E-state index in [0.717, 1.165) is 6.61 Å². The van der Waals surface area contributed by atoms with Gasteiger partial charge in [-0.2, -0.15) is 0 Å². The van der Waals surface area contributed by atoms with Crippen molar-refractivity contribution in [2.45, 2.75) is 6.61 Å². The van der Waals surface area contributed by atoms with Crippen LogP contribution in [0.2, 0.25) is 0 Å². The number of hydrogen-bond donors (Lipinski definition) is 0. The molecule has 0 fully saturated rings. The molecule has 0 saturated carbocycles. The average Bonchev–Trinajstić information content (AvgIpc) is 2.33. The Balaban J connectivity index is 2.39. The molecule has 2 heterocycles. The van der Waals surface area contributed by atoms with Crippen LogP contribution in [0.15, 0.2) is 11.4 Å². The highest BCUT2D eigenvalue weighted by Crippen LogP contribution is 2.22. The molecule has 0 aliphatic carbocycles. The standard InChI is InChI=1S/C7H6OS/c1-3-8-5-7-6(1)2-4-9-7/h2,4H,3,5H2. The SMILES string of the molecule is [C]1COCc2sccc21. The predicted molar refractivity (Wildman–Crippen MR) is 36.3 cm³/mol. The van der Waals surface area contributed by atoms with Gasteiger partial charge in [-0.1, -0.05) is 0 Å². The zero-order valence-electron chi connectivity index (χ0n) is 4.89. The first kappa shape index (κ1) is 5.45. The topological polar surface area (TPSA) is 9.23 Å². The van der Waals surface area contributed by atoms with Crippen molar-refractivity contribution in [2.75, 3.05) is 6.61 Å². The summed E-state index contributed by atoms with van der Waals surface area (Å²) in [6, 6.07) is 2.09. The van der Waals surface area contributed by atoms with Gasteiger partial charge in [-0.25, -0.2) is 0 Å². The summed E-state index contributed by atoms with van der Waals surface area (Å²) < 4.78 is 5.15. The fourth-order valence-corrected chi connectivity index (χ4v) is 1.67. The largest absolute Gasteiger partial charge is 0.375 e. The van der Waals surface area contributed by atoms with Gasteiger partial charge in [0.15, 0.2) is 0 Å². The highest BCUT2D eigenvalue weighted by molar-refractivity contribution is 7.10. The fraction of sp³-hybridized carbons (Fsp3) is 0.286. The molecule has 46 valence electrons. The number of rotatable bonds is 0. The molecule has 9 heavy (non-hydrogen) atoms. The molecule has 0 unspecified atom stereocenters. The summed E-state index contributed by atoms with van der Waals surface area (Å²) >= 11 is 1.74. The maximum absolute atomic E-state index is 5.15.